The van der Waals surface area contributed by atoms with Crippen LogP contribution in [-0.4, -0.2) is 23.3 Å². The number of rotatable bonds is 8. The van der Waals surface area contributed by atoms with Gasteiger partial charge in [-0.25, -0.2) is 0 Å². The molecule has 0 amide bonds. The Morgan fingerprint density at radius 3 is 1.89 bits per heavy atom. The lowest BCUT2D eigenvalue weighted by Gasteiger charge is -2.22. The van der Waals surface area contributed by atoms with Crippen molar-refractivity contribution >= 4 is 6.01 Å². The third-order valence-electron chi connectivity index (χ3n) is 3.04. The van der Waals surface area contributed by atoms with E-state index >= 15 is 0 Å². The van der Waals surface area contributed by atoms with Crippen molar-refractivity contribution in [3.8, 4) is 0 Å². The van der Waals surface area contributed by atoms with Crippen molar-refractivity contribution in [2.75, 3.05) is 18.0 Å². The molecule has 0 aliphatic rings. The van der Waals surface area contributed by atoms with Gasteiger partial charge in [-0.3, -0.25) is 0 Å². The summed E-state index contributed by atoms with van der Waals surface area (Å²) in [5.74, 6) is 1.84. The van der Waals surface area contributed by atoms with Crippen LogP contribution in [0.4, 0.5) is 6.01 Å². The highest BCUT2D eigenvalue weighted by Gasteiger charge is 2.16. The van der Waals surface area contributed by atoms with E-state index in [2.05, 4.69) is 42.8 Å². The molecular formula is C14H28N4O. The van der Waals surface area contributed by atoms with Crippen LogP contribution >= 0.6 is 0 Å². The van der Waals surface area contributed by atoms with Crippen molar-refractivity contribution in [1.82, 2.24) is 10.2 Å². The molecule has 0 bridgehead atoms. The molecule has 5 heteroatoms. The third-order valence-corrected chi connectivity index (χ3v) is 3.04. The Morgan fingerprint density at radius 2 is 1.53 bits per heavy atom. The molecular weight excluding hydrogens is 240 g/mol. The van der Waals surface area contributed by atoms with Crippen molar-refractivity contribution in [3.63, 3.8) is 0 Å². The van der Waals surface area contributed by atoms with Crippen LogP contribution in [0.15, 0.2) is 4.42 Å². The summed E-state index contributed by atoms with van der Waals surface area (Å²) in [7, 11) is 0. The minimum atomic E-state index is -0.210. The van der Waals surface area contributed by atoms with Crippen molar-refractivity contribution < 1.29 is 4.42 Å². The molecule has 1 atom stereocenters. The third kappa shape index (κ3) is 5.59. The molecule has 0 aromatic carbocycles. The van der Waals surface area contributed by atoms with Gasteiger partial charge in [-0.2, -0.15) is 0 Å². The van der Waals surface area contributed by atoms with Crippen LogP contribution in [0, 0.1) is 11.8 Å². The second kappa shape index (κ2) is 7.48. The van der Waals surface area contributed by atoms with E-state index in [0.717, 1.165) is 25.9 Å². The van der Waals surface area contributed by atoms with Gasteiger partial charge in [0.05, 0.1) is 6.04 Å². The van der Waals surface area contributed by atoms with Crippen LogP contribution in [0.1, 0.15) is 59.4 Å². The topological polar surface area (TPSA) is 68.2 Å². The van der Waals surface area contributed by atoms with Gasteiger partial charge in [-0.05, 0) is 31.6 Å². The average Bonchev–Trinajstić information content (AvgIpc) is 2.77. The normalized spacial score (nSPS) is 13.3. The van der Waals surface area contributed by atoms with Gasteiger partial charge in [-0.1, -0.05) is 32.8 Å². The Morgan fingerprint density at radius 1 is 1.00 bits per heavy atom. The van der Waals surface area contributed by atoms with E-state index in [1.165, 1.54) is 0 Å². The predicted octanol–water partition coefficient (Wildman–Crippen LogP) is 2.99. The number of aromatic nitrogens is 2. The molecule has 0 spiro atoms. The maximum absolute atomic E-state index is 5.76. The van der Waals surface area contributed by atoms with Crippen LogP contribution in [-0.2, 0) is 0 Å². The van der Waals surface area contributed by atoms with Gasteiger partial charge in [0.1, 0.15) is 0 Å². The SMILES string of the molecule is CC(C)CCN(CCC(C)C)c1nnc(C(C)N)o1. The Labute approximate surface area is 116 Å². The van der Waals surface area contributed by atoms with Crippen LogP contribution in [0.25, 0.3) is 0 Å². The molecule has 110 valence electrons. The Kier molecular flexibility index (Phi) is 6.28. The summed E-state index contributed by atoms with van der Waals surface area (Å²) in [6.07, 6.45) is 2.24. The van der Waals surface area contributed by atoms with E-state index in [-0.39, 0.29) is 6.04 Å². The number of nitrogens with zero attached hydrogens (tertiary/aromatic N) is 3. The summed E-state index contributed by atoms with van der Waals surface area (Å²) < 4.78 is 5.65. The lowest BCUT2D eigenvalue weighted by Crippen LogP contribution is -2.27. The largest absolute Gasteiger partial charge is 0.406 e. The fraction of sp³-hybridized carbons (Fsp3) is 0.857. The van der Waals surface area contributed by atoms with Crippen molar-refractivity contribution in [3.05, 3.63) is 5.89 Å². The Hall–Kier alpha value is -1.10. The molecule has 2 N–H and O–H groups in total. The van der Waals surface area contributed by atoms with E-state index in [4.69, 9.17) is 10.2 Å². The molecule has 1 rings (SSSR count). The smallest absolute Gasteiger partial charge is 0.318 e. The van der Waals surface area contributed by atoms with E-state index < -0.39 is 0 Å². The molecule has 1 aromatic heterocycles. The Balaban J connectivity index is 2.69. The van der Waals surface area contributed by atoms with Crippen LogP contribution in [0.5, 0.6) is 0 Å². The summed E-state index contributed by atoms with van der Waals surface area (Å²) in [4.78, 5) is 2.18. The quantitative estimate of drug-likeness (QED) is 0.785. The predicted molar refractivity (Wildman–Crippen MR) is 78.0 cm³/mol. The van der Waals surface area contributed by atoms with Gasteiger partial charge in [0.25, 0.3) is 0 Å². The van der Waals surface area contributed by atoms with E-state index in [1.54, 1.807) is 0 Å². The van der Waals surface area contributed by atoms with E-state index in [1.807, 2.05) is 6.92 Å². The molecule has 0 fully saturated rings. The summed E-state index contributed by atoms with van der Waals surface area (Å²) >= 11 is 0. The van der Waals surface area contributed by atoms with Crippen molar-refractivity contribution in [2.45, 2.75) is 53.5 Å². The standard InChI is InChI=1S/C14H28N4O/c1-10(2)6-8-18(9-7-11(3)4)14-17-16-13(19-14)12(5)15/h10-12H,6-9,15H2,1-5H3. The van der Waals surface area contributed by atoms with Crippen LogP contribution in [0.3, 0.4) is 0 Å². The summed E-state index contributed by atoms with van der Waals surface area (Å²) in [6.45, 7) is 12.6. The van der Waals surface area contributed by atoms with E-state index in [0.29, 0.717) is 23.7 Å². The summed E-state index contributed by atoms with van der Waals surface area (Å²) in [6, 6.07) is 0.395. The zero-order valence-corrected chi connectivity index (χ0v) is 12.9. The molecule has 0 radical (unpaired) electrons. The number of nitrogens with two attached hydrogens (primary N) is 1. The summed E-state index contributed by atoms with van der Waals surface area (Å²) in [5, 5.41) is 8.13. The van der Waals surface area contributed by atoms with Gasteiger partial charge in [0, 0.05) is 13.1 Å². The fourth-order valence-electron chi connectivity index (χ4n) is 1.67. The average molecular weight is 268 g/mol. The highest BCUT2D eigenvalue weighted by Crippen LogP contribution is 2.18. The van der Waals surface area contributed by atoms with Gasteiger partial charge in [-0.15, -0.1) is 5.10 Å². The molecule has 1 aromatic rings. The molecule has 0 saturated heterocycles. The Bertz CT molecular complexity index is 348. The maximum Gasteiger partial charge on any atom is 0.318 e. The first-order chi connectivity index (χ1) is 8.90. The van der Waals surface area contributed by atoms with Gasteiger partial charge in [0.2, 0.25) is 5.89 Å². The molecule has 19 heavy (non-hydrogen) atoms. The van der Waals surface area contributed by atoms with Crippen LogP contribution < -0.4 is 10.6 Å². The fourth-order valence-corrected chi connectivity index (χ4v) is 1.67. The zero-order chi connectivity index (χ0) is 14.4. The molecule has 1 heterocycles. The maximum atomic E-state index is 5.76. The molecule has 1 unspecified atom stereocenters. The van der Waals surface area contributed by atoms with Crippen molar-refractivity contribution in [2.24, 2.45) is 17.6 Å². The minimum Gasteiger partial charge on any atom is -0.406 e. The van der Waals surface area contributed by atoms with Gasteiger partial charge >= 0.3 is 6.01 Å². The highest BCUT2D eigenvalue weighted by atomic mass is 16.4. The first-order valence-electron chi connectivity index (χ1n) is 7.24. The first-order valence-corrected chi connectivity index (χ1v) is 7.24. The van der Waals surface area contributed by atoms with Gasteiger partial charge in [0.15, 0.2) is 0 Å². The van der Waals surface area contributed by atoms with Crippen molar-refractivity contribution in [1.29, 1.82) is 0 Å². The lowest BCUT2D eigenvalue weighted by molar-refractivity contribution is 0.441. The second-order valence-electron chi connectivity index (χ2n) is 6.06. The summed E-state index contributed by atoms with van der Waals surface area (Å²) in [5.41, 5.74) is 5.76. The number of anilines is 1. The molecule has 0 saturated carbocycles. The monoisotopic (exact) mass is 268 g/mol. The molecule has 5 nitrogen and oxygen atoms in total. The first kappa shape index (κ1) is 16.0. The second-order valence-corrected chi connectivity index (χ2v) is 6.06. The van der Waals surface area contributed by atoms with E-state index in [9.17, 15) is 0 Å². The van der Waals surface area contributed by atoms with Crippen LogP contribution in [0.2, 0.25) is 0 Å². The molecule has 0 aliphatic heterocycles. The molecule has 0 aliphatic carbocycles. The number of hydrogen-bond acceptors (Lipinski definition) is 5. The highest BCUT2D eigenvalue weighted by molar-refractivity contribution is 5.23. The number of hydrogen-bond donors (Lipinski definition) is 1. The van der Waals surface area contributed by atoms with Gasteiger partial charge < -0.3 is 15.1 Å². The zero-order valence-electron chi connectivity index (χ0n) is 12.9. The lowest BCUT2D eigenvalue weighted by atomic mass is 10.1. The minimum absolute atomic E-state index is 0.210.